The van der Waals surface area contributed by atoms with Gasteiger partial charge in [-0.3, -0.25) is 14.5 Å². The highest BCUT2D eigenvalue weighted by Crippen LogP contribution is 2.25. The van der Waals surface area contributed by atoms with Crippen LogP contribution >= 0.6 is 0 Å². The van der Waals surface area contributed by atoms with Crippen molar-refractivity contribution in [1.82, 2.24) is 10.0 Å². The number of amidine groups is 1. The van der Waals surface area contributed by atoms with Gasteiger partial charge in [-0.25, -0.2) is 8.42 Å². The molecule has 0 bridgehead atoms. The van der Waals surface area contributed by atoms with E-state index in [2.05, 4.69) is 67.0 Å². The molecule has 1 unspecified atom stereocenters. The van der Waals surface area contributed by atoms with Crippen LogP contribution in [0.3, 0.4) is 0 Å². The van der Waals surface area contributed by atoms with Crippen LogP contribution in [0.2, 0.25) is 0 Å². The highest BCUT2D eigenvalue weighted by Gasteiger charge is 2.30. The number of nitrogens with one attached hydrogen (secondary N) is 2. The molecule has 2 aromatic rings. The topological polar surface area (TPSA) is 87.6 Å². The predicted molar refractivity (Wildman–Crippen MR) is 119 cm³/mol. The average Bonchev–Trinajstić information content (AvgIpc) is 2.96. The molecule has 0 saturated heterocycles. The Balaban J connectivity index is 1.64. The number of hydrogen-bond acceptors (Lipinski definition) is 4. The first-order valence-electron chi connectivity index (χ1n) is 10.2. The van der Waals surface area contributed by atoms with Crippen LogP contribution in [0.5, 0.6) is 0 Å². The Morgan fingerprint density at radius 2 is 1.63 bits per heavy atom. The number of carbonyl (C=O) groups excluding carboxylic acids is 1. The summed E-state index contributed by atoms with van der Waals surface area (Å²) in [5.41, 5.74) is 2.89. The lowest BCUT2D eigenvalue weighted by Crippen LogP contribution is -2.32. The van der Waals surface area contributed by atoms with Crippen molar-refractivity contribution in [3.63, 3.8) is 0 Å². The summed E-state index contributed by atoms with van der Waals surface area (Å²) in [6.45, 7) is 8.66. The summed E-state index contributed by atoms with van der Waals surface area (Å²) in [6.07, 6.45) is 0.181. The zero-order chi connectivity index (χ0) is 21.9. The lowest BCUT2D eigenvalue weighted by Gasteiger charge is -2.23. The zero-order valence-electron chi connectivity index (χ0n) is 17.8. The summed E-state index contributed by atoms with van der Waals surface area (Å²) in [5, 5.41) is 3.10. The van der Waals surface area contributed by atoms with Gasteiger partial charge in [-0.15, -0.1) is 0 Å². The van der Waals surface area contributed by atoms with Crippen molar-refractivity contribution in [2.75, 3.05) is 6.54 Å². The van der Waals surface area contributed by atoms with Crippen molar-refractivity contribution < 1.29 is 13.2 Å². The van der Waals surface area contributed by atoms with Crippen molar-refractivity contribution in [2.45, 2.75) is 51.0 Å². The van der Waals surface area contributed by atoms with E-state index in [9.17, 15) is 13.2 Å². The van der Waals surface area contributed by atoms with Crippen molar-refractivity contribution in [2.24, 2.45) is 10.9 Å². The summed E-state index contributed by atoms with van der Waals surface area (Å²) >= 11 is 0. The summed E-state index contributed by atoms with van der Waals surface area (Å²) in [4.78, 5) is 17.1. The quantitative estimate of drug-likeness (QED) is 0.705. The Morgan fingerprint density at radius 3 is 2.27 bits per heavy atom. The second-order valence-corrected chi connectivity index (χ2v) is 9.84. The molecule has 1 amide bonds. The minimum absolute atomic E-state index is 0.0860. The van der Waals surface area contributed by atoms with Gasteiger partial charge in [0.2, 0.25) is 5.91 Å². The normalized spacial score (nSPS) is 17.1. The van der Waals surface area contributed by atoms with Gasteiger partial charge in [-0.1, -0.05) is 64.1 Å². The lowest BCUT2D eigenvalue weighted by molar-refractivity contribution is -0.121. The number of hydrogen-bond donors (Lipinski definition) is 2. The molecule has 1 aliphatic heterocycles. The first-order valence-corrected chi connectivity index (χ1v) is 11.7. The first kappa shape index (κ1) is 22.0. The van der Waals surface area contributed by atoms with Gasteiger partial charge in [-0.2, -0.15) is 0 Å². The maximum absolute atomic E-state index is 12.5. The van der Waals surface area contributed by atoms with E-state index >= 15 is 0 Å². The highest BCUT2D eigenvalue weighted by atomic mass is 32.2. The summed E-state index contributed by atoms with van der Waals surface area (Å²) in [6, 6.07) is 15.0. The Bertz CT molecular complexity index is 1040. The van der Waals surface area contributed by atoms with Crippen LogP contribution in [0.1, 0.15) is 62.8 Å². The largest absolute Gasteiger partial charge is 0.349 e. The fourth-order valence-corrected chi connectivity index (χ4v) is 4.74. The number of benzene rings is 2. The molecule has 0 saturated carbocycles. The maximum Gasteiger partial charge on any atom is 0.263 e. The van der Waals surface area contributed by atoms with Crippen LogP contribution in [0.25, 0.3) is 0 Å². The van der Waals surface area contributed by atoms with E-state index in [1.165, 1.54) is 5.56 Å². The van der Waals surface area contributed by atoms with Crippen LogP contribution in [0.15, 0.2) is 58.4 Å². The number of carbonyl (C=O) groups is 1. The monoisotopic (exact) mass is 427 g/mol. The molecule has 0 radical (unpaired) electrons. The highest BCUT2D eigenvalue weighted by molar-refractivity contribution is 7.90. The van der Waals surface area contributed by atoms with Gasteiger partial charge in [0.1, 0.15) is 5.84 Å². The van der Waals surface area contributed by atoms with Crippen molar-refractivity contribution >= 4 is 21.8 Å². The molecule has 1 heterocycles. The van der Waals surface area contributed by atoms with Crippen molar-refractivity contribution in [1.29, 1.82) is 0 Å². The number of nitrogens with zero attached hydrogens (tertiary/aromatic N) is 1. The summed E-state index contributed by atoms with van der Waals surface area (Å²) in [7, 11) is -3.56. The fourth-order valence-electron chi connectivity index (χ4n) is 3.49. The van der Waals surface area contributed by atoms with Gasteiger partial charge >= 0.3 is 0 Å². The van der Waals surface area contributed by atoms with Gasteiger partial charge in [0.15, 0.2) is 0 Å². The van der Waals surface area contributed by atoms with E-state index in [-0.39, 0.29) is 35.7 Å². The predicted octanol–water partition coefficient (Wildman–Crippen LogP) is 3.75. The Kier molecular flexibility index (Phi) is 6.61. The Hall–Kier alpha value is -2.67. The van der Waals surface area contributed by atoms with Crippen LogP contribution in [-0.4, -0.2) is 26.7 Å². The summed E-state index contributed by atoms with van der Waals surface area (Å²) in [5.74, 6) is 0.880. The number of sulfonamides is 1. The first-order chi connectivity index (χ1) is 14.2. The molecule has 6 nitrogen and oxygen atoms in total. The van der Waals surface area contributed by atoms with Gasteiger partial charge < -0.3 is 5.32 Å². The van der Waals surface area contributed by atoms with Crippen molar-refractivity contribution in [3.8, 4) is 0 Å². The zero-order valence-corrected chi connectivity index (χ0v) is 18.7. The van der Waals surface area contributed by atoms with Crippen LogP contribution in [0.4, 0.5) is 0 Å². The minimum Gasteiger partial charge on any atom is -0.349 e. The summed E-state index contributed by atoms with van der Waals surface area (Å²) < 4.78 is 26.7. The standard InChI is InChI=1S/C23H29N3O3S/c1-15(2)17-9-11-18(12-10-17)22(16(3)4)25-21(27)13-14-24-23-19-7-5-6-8-20(19)30(28,29)26-23/h5-12,15-16,22H,13-14H2,1-4H3,(H,24,26)(H,25,27). The van der Waals surface area contributed by atoms with Crippen molar-refractivity contribution in [3.05, 3.63) is 65.2 Å². The van der Waals surface area contributed by atoms with E-state index < -0.39 is 10.0 Å². The molecule has 30 heavy (non-hydrogen) atoms. The molecule has 160 valence electrons. The Labute approximate surface area is 178 Å². The third-order valence-corrected chi connectivity index (χ3v) is 6.61. The van der Waals surface area contributed by atoms with Crippen LogP contribution in [-0.2, 0) is 14.8 Å². The SMILES string of the molecule is CC(C)c1ccc(C(NC(=O)CCN=C2NS(=O)(=O)c3ccccc32)C(C)C)cc1. The van der Waals surface area contributed by atoms with Gasteiger partial charge in [0.25, 0.3) is 10.0 Å². The van der Waals surface area contributed by atoms with Gasteiger partial charge in [0.05, 0.1) is 17.5 Å². The second-order valence-electron chi connectivity index (χ2n) is 8.19. The van der Waals surface area contributed by atoms with E-state index in [0.717, 1.165) is 5.56 Å². The smallest absolute Gasteiger partial charge is 0.263 e. The van der Waals surface area contributed by atoms with Gasteiger partial charge in [-0.05, 0) is 35.1 Å². The van der Waals surface area contributed by atoms with Crippen LogP contribution in [0, 0.1) is 5.92 Å². The van der Waals surface area contributed by atoms with Crippen LogP contribution < -0.4 is 10.0 Å². The van der Waals surface area contributed by atoms with E-state index in [4.69, 9.17) is 0 Å². The third-order valence-electron chi connectivity index (χ3n) is 5.22. The number of aliphatic imine (C=N–C) groups is 1. The second kappa shape index (κ2) is 9.00. The molecule has 2 N–H and O–H groups in total. The number of fused-ring (bicyclic) bond motifs is 1. The molecule has 2 aromatic carbocycles. The maximum atomic E-state index is 12.5. The lowest BCUT2D eigenvalue weighted by atomic mass is 9.93. The third kappa shape index (κ3) is 4.90. The average molecular weight is 428 g/mol. The molecule has 0 aliphatic carbocycles. The Morgan fingerprint density at radius 1 is 1.00 bits per heavy atom. The molecule has 0 aromatic heterocycles. The van der Waals surface area contributed by atoms with E-state index in [1.54, 1.807) is 24.3 Å². The molecule has 1 atom stereocenters. The van der Waals surface area contributed by atoms with Gasteiger partial charge in [0, 0.05) is 12.0 Å². The molecule has 7 heteroatoms. The molecular weight excluding hydrogens is 398 g/mol. The molecular formula is C23H29N3O3S. The van der Waals surface area contributed by atoms with E-state index in [1.807, 2.05) is 0 Å². The minimum atomic E-state index is -3.56. The fraction of sp³-hybridized carbons (Fsp3) is 0.391. The molecule has 3 rings (SSSR count). The molecule has 0 fully saturated rings. The number of rotatable bonds is 7. The molecule has 1 aliphatic rings. The van der Waals surface area contributed by atoms with E-state index in [0.29, 0.717) is 17.3 Å². The number of amides is 1. The molecule has 0 spiro atoms.